The zero-order chi connectivity index (χ0) is 18.4. The lowest BCUT2D eigenvalue weighted by molar-refractivity contribution is -0.124. The largest absolute Gasteiger partial charge is 0.352 e. The molecule has 1 aromatic carbocycles. The van der Waals surface area contributed by atoms with Crippen LogP contribution in [0.4, 0.5) is 0 Å². The molecule has 1 unspecified atom stereocenters. The molecule has 2 aliphatic rings. The Hall–Kier alpha value is -1.88. The molecule has 2 fully saturated rings. The number of benzene rings is 1. The first-order chi connectivity index (χ1) is 12.7. The summed E-state index contributed by atoms with van der Waals surface area (Å²) in [5, 5.41) is 6.38. The molecule has 142 valence electrons. The Kier molecular flexibility index (Phi) is 6.67. The van der Waals surface area contributed by atoms with E-state index in [1.165, 1.54) is 12.8 Å². The predicted molar refractivity (Wildman–Crippen MR) is 103 cm³/mol. The van der Waals surface area contributed by atoms with E-state index >= 15 is 0 Å². The average Bonchev–Trinajstić information content (AvgIpc) is 3.38. The van der Waals surface area contributed by atoms with Crippen LogP contribution in [0.25, 0.3) is 0 Å². The van der Waals surface area contributed by atoms with Gasteiger partial charge in [-0.25, -0.2) is 0 Å². The van der Waals surface area contributed by atoms with Crippen molar-refractivity contribution in [2.75, 3.05) is 19.6 Å². The van der Waals surface area contributed by atoms with Gasteiger partial charge in [0.2, 0.25) is 5.91 Å². The third kappa shape index (κ3) is 4.64. The van der Waals surface area contributed by atoms with Gasteiger partial charge in [0.15, 0.2) is 0 Å². The third-order valence-corrected chi connectivity index (χ3v) is 5.59. The topological polar surface area (TPSA) is 61.4 Å². The fourth-order valence-electron chi connectivity index (χ4n) is 4.05. The van der Waals surface area contributed by atoms with Crippen LogP contribution in [0.5, 0.6) is 0 Å². The number of amides is 2. The number of carbonyl (C=O) groups is 2. The summed E-state index contributed by atoms with van der Waals surface area (Å²) in [6.45, 7) is 5.31. The summed E-state index contributed by atoms with van der Waals surface area (Å²) in [7, 11) is 0. The molecule has 26 heavy (non-hydrogen) atoms. The van der Waals surface area contributed by atoms with E-state index in [9.17, 15) is 9.59 Å². The fraction of sp³-hybridized carbons (Fsp3) is 0.619. The van der Waals surface area contributed by atoms with E-state index in [-0.39, 0.29) is 17.7 Å². The third-order valence-electron chi connectivity index (χ3n) is 5.59. The highest BCUT2D eigenvalue weighted by atomic mass is 16.2. The molecule has 1 saturated heterocycles. The quantitative estimate of drug-likeness (QED) is 0.789. The van der Waals surface area contributed by atoms with Crippen molar-refractivity contribution in [3.05, 3.63) is 35.4 Å². The van der Waals surface area contributed by atoms with Gasteiger partial charge in [-0.2, -0.15) is 0 Å². The summed E-state index contributed by atoms with van der Waals surface area (Å²) in [5.41, 5.74) is 1.77. The van der Waals surface area contributed by atoms with Gasteiger partial charge < -0.3 is 15.5 Å². The van der Waals surface area contributed by atoms with Crippen molar-refractivity contribution in [3.63, 3.8) is 0 Å². The fourth-order valence-corrected chi connectivity index (χ4v) is 4.05. The van der Waals surface area contributed by atoms with Crippen molar-refractivity contribution < 1.29 is 9.59 Å². The molecule has 1 aromatic rings. The summed E-state index contributed by atoms with van der Waals surface area (Å²) in [4.78, 5) is 27.0. The Balaban J connectivity index is 1.57. The van der Waals surface area contributed by atoms with E-state index in [2.05, 4.69) is 17.6 Å². The van der Waals surface area contributed by atoms with Crippen molar-refractivity contribution in [3.8, 4) is 0 Å². The van der Waals surface area contributed by atoms with Gasteiger partial charge in [-0.3, -0.25) is 9.59 Å². The molecule has 1 aliphatic carbocycles. The molecule has 1 aliphatic heterocycles. The van der Waals surface area contributed by atoms with Gasteiger partial charge in [-0.15, -0.1) is 0 Å². The van der Waals surface area contributed by atoms with Crippen LogP contribution in [0.1, 0.15) is 61.4 Å². The van der Waals surface area contributed by atoms with Crippen molar-refractivity contribution in [1.82, 2.24) is 15.5 Å². The first kappa shape index (κ1) is 18.9. The second-order valence-electron chi connectivity index (χ2n) is 7.54. The van der Waals surface area contributed by atoms with Crippen LogP contribution in [-0.4, -0.2) is 42.4 Å². The Morgan fingerprint density at radius 3 is 2.50 bits per heavy atom. The molecule has 5 nitrogen and oxygen atoms in total. The maximum Gasteiger partial charge on any atom is 0.254 e. The Morgan fingerprint density at radius 2 is 1.88 bits per heavy atom. The van der Waals surface area contributed by atoms with E-state index in [0.717, 1.165) is 56.4 Å². The molecule has 0 spiro atoms. The molecular weight excluding hydrogens is 326 g/mol. The second-order valence-corrected chi connectivity index (χ2v) is 7.54. The molecule has 1 saturated carbocycles. The highest BCUT2D eigenvalue weighted by Gasteiger charge is 2.26. The summed E-state index contributed by atoms with van der Waals surface area (Å²) < 4.78 is 0. The number of carbonyl (C=O) groups excluding carboxylic acids is 2. The molecule has 5 heteroatoms. The van der Waals surface area contributed by atoms with Gasteiger partial charge in [-0.05, 0) is 49.9 Å². The zero-order valence-corrected chi connectivity index (χ0v) is 15.8. The summed E-state index contributed by atoms with van der Waals surface area (Å²) in [6.07, 6.45) is 6.36. The van der Waals surface area contributed by atoms with E-state index in [1.54, 1.807) is 0 Å². The predicted octanol–water partition coefficient (Wildman–Crippen LogP) is 2.71. The van der Waals surface area contributed by atoms with Gasteiger partial charge in [0.05, 0.1) is 0 Å². The van der Waals surface area contributed by atoms with Crippen LogP contribution < -0.4 is 10.6 Å². The van der Waals surface area contributed by atoms with E-state index < -0.39 is 0 Å². The summed E-state index contributed by atoms with van der Waals surface area (Å²) in [6, 6.07) is 8.00. The SMILES string of the molecule is CCCN(C(=O)c1ccc(CNC(=O)C2CCCC2)cc1)C1CCNC1. The molecule has 3 rings (SSSR count). The zero-order valence-electron chi connectivity index (χ0n) is 15.8. The number of nitrogens with zero attached hydrogens (tertiary/aromatic N) is 1. The Bertz CT molecular complexity index is 602. The monoisotopic (exact) mass is 357 g/mol. The van der Waals surface area contributed by atoms with Crippen molar-refractivity contribution in [1.29, 1.82) is 0 Å². The van der Waals surface area contributed by atoms with Gasteiger partial charge in [0.1, 0.15) is 0 Å². The smallest absolute Gasteiger partial charge is 0.254 e. The summed E-state index contributed by atoms with van der Waals surface area (Å²) in [5.74, 6) is 0.478. The van der Waals surface area contributed by atoms with Crippen molar-refractivity contribution in [2.24, 2.45) is 5.92 Å². The lowest BCUT2D eigenvalue weighted by Gasteiger charge is -2.28. The van der Waals surface area contributed by atoms with E-state index in [0.29, 0.717) is 12.6 Å². The molecular formula is C21H31N3O2. The highest BCUT2D eigenvalue weighted by molar-refractivity contribution is 5.94. The minimum atomic E-state index is 0.113. The van der Waals surface area contributed by atoms with Crippen LogP contribution in [0.3, 0.4) is 0 Å². The Morgan fingerprint density at radius 1 is 1.15 bits per heavy atom. The van der Waals surface area contributed by atoms with Gasteiger partial charge in [0, 0.05) is 37.2 Å². The number of nitrogens with one attached hydrogen (secondary N) is 2. The van der Waals surface area contributed by atoms with Crippen LogP contribution in [0, 0.1) is 5.92 Å². The minimum absolute atomic E-state index is 0.113. The molecule has 0 bridgehead atoms. The first-order valence-electron chi connectivity index (χ1n) is 10.1. The molecule has 0 aromatic heterocycles. The number of rotatable bonds is 7. The normalized spacial score (nSPS) is 20.3. The van der Waals surface area contributed by atoms with Gasteiger partial charge in [0.25, 0.3) is 5.91 Å². The molecule has 1 atom stereocenters. The Labute approximate surface area is 156 Å². The van der Waals surface area contributed by atoms with E-state index in [1.807, 2.05) is 29.2 Å². The van der Waals surface area contributed by atoms with Crippen LogP contribution >= 0.6 is 0 Å². The van der Waals surface area contributed by atoms with Gasteiger partial charge in [-0.1, -0.05) is 31.9 Å². The minimum Gasteiger partial charge on any atom is -0.352 e. The standard InChI is InChI=1S/C21H31N3O2/c1-2-13-24(19-11-12-22-15-19)21(26)18-9-7-16(8-10-18)14-23-20(25)17-5-3-4-6-17/h7-10,17,19,22H,2-6,11-15H2,1H3,(H,23,25). The van der Waals surface area contributed by atoms with Gasteiger partial charge >= 0.3 is 0 Å². The van der Waals surface area contributed by atoms with E-state index in [4.69, 9.17) is 0 Å². The number of hydrogen-bond donors (Lipinski definition) is 2. The highest BCUT2D eigenvalue weighted by Crippen LogP contribution is 2.24. The van der Waals surface area contributed by atoms with Crippen molar-refractivity contribution in [2.45, 2.75) is 58.0 Å². The van der Waals surface area contributed by atoms with Crippen LogP contribution in [-0.2, 0) is 11.3 Å². The molecule has 2 amide bonds. The molecule has 2 N–H and O–H groups in total. The summed E-state index contributed by atoms with van der Waals surface area (Å²) >= 11 is 0. The van der Waals surface area contributed by atoms with Crippen LogP contribution in [0.15, 0.2) is 24.3 Å². The average molecular weight is 357 g/mol. The molecule has 0 radical (unpaired) electrons. The second kappa shape index (κ2) is 9.17. The number of hydrogen-bond acceptors (Lipinski definition) is 3. The molecule has 1 heterocycles. The lowest BCUT2D eigenvalue weighted by Crippen LogP contribution is -2.42. The first-order valence-corrected chi connectivity index (χ1v) is 10.1. The lowest BCUT2D eigenvalue weighted by atomic mass is 10.1. The van der Waals surface area contributed by atoms with Crippen LogP contribution in [0.2, 0.25) is 0 Å². The maximum atomic E-state index is 12.9. The maximum absolute atomic E-state index is 12.9. The van der Waals surface area contributed by atoms with Crippen molar-refractivity contribution >= 4 is 11.8 Å².